The van der Waals surface area contributed by atoms with Crippen molar-refractivity contribution >= 4 is 0 Å². The van der Waals surface area contributed by atoms with Gasteiger partial charge >= 0.3 is 0 Å². The fourth-order valence-corrected chi connectivity index (χ4v) is 1.93. The molecule has 0 bridgehead atoms. The van der Waals surface area contributed by atoms with E-state index in [0.29, 0.717) is 6.42 Å². The van der Waals surface area contributed by atoms with Crippen LogP contribution in [0.5, 0.6) is 0 Å². The molecule has 1 N–H and O–H groups in total. The highest BCUT2D eigenvalue weighted by atomic mass is 19.1. The summed E-state index contributed by atoms with van der Waals surface area (Å²) in [6.07, 6.45) is 2.33. The first kappa shape index (κ1) is 15.1. The van der Waals surface area contributed by atoms with Crippen molar-refractivity contribution in [3.05, 3.63) is 35.4 Å². The summed E-state index contributed by atoms with van der Waals surface area (Å²) in [6.45, 7) is 6.51. The predicted octanol–water partition coefficient (Wildman–Crippen LogP) is 3.92. The van der Waals surface area contributed by atoms with Gasteiger partial charge in [0.05, 0.1) is 0 Å². The molecular weight excluding hydrogens is 232 g/mol. The Morgan fingerprint density at radius 2 is 1.72 bits per heavy atom. The average Bonchev–Trinajstić information content (AvgIpc) is 2.26. The number of halogens is 2. The highest BCUT2D eigenvalue weighted by molar-refractivity contribution is 5.20. The zero-order valence-corrected chi connectivity index (χ0v) is 11.7. The minimum atomic E-state index is -0.453. The van der Waals surface area contributed by atoms with Gasteiger partial charge in [-0.05, 0) is 43.9 Å². The van der Waals surface area contributed by atoms with Crippen LogP contribution < -0.4 is 5.32 Å². The van der Waals surface area contributed by atoms with Crippen molar-refractivity contribution < 1.29 is 8.78 Å². The van der Waals surface area contributed by atoms with Gasteiger partial charge in [-0.1, -0.05) is 26.8 Å². The van der Waals surface area contributed by atoms with E-state index in [0.717, 1.165) is 12.8 Å². The first-order valence-corrected chi connectivity index (χ1v) is 6.43. The van der Waals surface area contributed by atoms with E-state index in [1.807, 2.05) is 7.05 Å². The van der Waals surface area contributed by atoms with Gasteiger partial charge in [-0.25, -0.2) is 8.78 Å². The molecule has 102 valence electrons. The fourth-order valence-electron chi connectivity index (χ4n) is 1.93. The monoisotopic (exact) mass is 255 g/mol. The maximum atomic E-state index is 13.6. The smallest absolute Gasteiger partial charge is 0.129 e. The maximum Gasteiger partial charge on any atom is 0.129 e. The van der Waals surface area contributed by atoms with Crippen molar-refractivity contribution in [2.45, 2.75) is 46.1 Å². The number of rotatable bonds is 5. The number of hydrogen-bond donors (Lipinski definition) is 1. The third-order valence-electron chi connectivity index (χ3n) is 3.16. The number of hydrogen-bond acceptors (Lipinski definition) is 1. The molecule has 0 heterocycles. The highest BCUT2D eigenvalue weighted by Gasteiger charge is 2.17. The van der Waals surface area contributed by atoms with E-state index in [2.05, 4.69) is 26.1 Å². The Morgan fingerprint density at radius 3 is 2.17 bits per heavy atom. The lowest BCUT2D eigenvalue weighted by atomic mass is 9.87. The summed E-state index contributed by atoms with van der Waals surface area (Å²) in [5.41, 5.74) is 0.425. The summed E-state index contributed by atoms with van der Waals surface area (Å²) in [5.74, 6) is -0.906. The second-order valence-electron chi connectivity index (χ2n) is 5.99. The molecule has 1 aromatic carbocycles. The van der Waals surface area contributed by atoms with E-state index in [9.17, 15) is 8.78 Å². The minimum absolute atomic E-state index is 0.107. The summed E-state index contributed by atoms with van der Waals surface area (Å²) in [6, 6.07) is 4.14. The quantitative estimate of drug-likeness (QED) is 0.841. The molecule has 0 saturated heterocycles. The first-order valence-electron chi connectivity index (χ1n) is 6.43. The SMILES string of the molecule is CNC(CCC(C)(C)C)Cc1c(F)cccc1F. The first-order chi connectivity index (χ1) is 8.33. The lowest BCUT2D eigenvalue weighted by molar-refractivity contribution is 0.332. The molecule has 1 aromatic rings. The molecule has 0 aliphatic heterocycles. The zero-order chi connectivity index (χ0) is 13.8. The summed E-state index contributed by atoms with van der Waals surface area (Å²) < 4.78 is 27.1. The van der Waals surface area contributed by atoms with Crippen LogP contribution in [-0.4, -0.2) is 13.1 Å². The van der Waals surface area contributed by atoms with Crippen molar-refractivity contribution in [1.29, 1.82) is 0 Å². The summed E-state index contributed by atoms with van der Waals surface area (Å²) in [5, 5.41) is 3.14. The van der Waals surface area contributed by atoms with Gasteiger partial charge in [0.25, 0.3) is 0 Å². The van der Waals surface area contributed by atoms with Gasteiger partial charge in [0.15, 0.2) is 0 Å². The molecule has 0 spiro atoms. The Hall–Kier alpha value is -0.960. The van der Waals surface area contributed by atoms with Crippen LogP contribution in [-0.2, 0) is 6.42 Å². The summed E-state index contributed by atoms with van der Waals surface area (Å²) in [7, 11) is 1.84. The van der Waals surface area contributed by atoms with Crippen molar-refractivity contribution in [3.8, 4) is 0 Å². The summed E-state index contributed by atoms with van der Waals surface area (Å²) in [4.78, 5) is 0. The molecule has 3 heteroatoms. The van der Waals surface area contributed by atoms with E-state index in [1.54, 1.807) is 0 Å². The van der Waals surface area contributed by atoms with Crippen LogP contribution in [0, 0.1) is 17.0 Å². The van der Waals surface area contributed by atoms with Gasteiger partial charge in [-0.15, -0.1) is 0 Å². The van der Waals surface area contributed by atoms with Crippen LogP contribution in [0.1, 0.15) is 39.2 Å². The largest absolute Gasteiger partial charge is 0.317 e. The van der Waals surface area contributed by atoms with Gasteiger partial charge in [-0.2, -0.15) is 0 Å². The molecule has 1 unspecified atom stereocenters. The molecule has 1 nitrogen and oxygen atoms in total. The van der Waals surface area contributed by atoms with Gasteiger partial charge in [0.2, 0.25) is 0 Å². The van der Waals surface area contributed by atoms with Crippen molar-refractivity contribution in [2.24, 2.45) is 5.41 Å². The van der Waals surface area contributed by atoms with Crippen molar-refractivity contribution in [1.82, 2.24) is 5.32 Å². The second kappa shape index (κ2) is 6.28. The van der Waals surface area contributed by atoms with Crippen LogP contribution >= 0.6 is 0 Å². The van der Waals surface area contributed by atoms with Gasteiger partial charge < -0.3 is 5.32 Å². The Labute approximate surface area is 109 Å². The highest BCUT2D eigenvalue weighted by Crippen LogP contribution is 2.23. The molecule has 0 aromatic heterocycles. The molecule has 1 rings (SSSR count). The average molecular weight is 255 g/mol. The van der Waals surface area contributed by atoms with Gasteiger partial charge in [0, 0.05) is 11.6 Å². The molecule has 1 atom stereocenters. The van der Waals surface area contributed by atoms with Gasteiger partial charge in [-0.3, -0.25) is 0 Å². The Bertz CT molecular complexity index is 362. The van der Waals surface area contributed by atoms with E-state index < -0.39 is 11.6 Å². The van der Waals surface area contributed by atoms with Crippen molar-refractivity contribution in [2.75, 3.05) is 7.05 Å². The number of nitrogens with one attached hydrogen (secondary N) is 1. The molecule has 0 radical (unpaired) electrons. The predicted molar refractivity (Wildman–Crippen MR) is 71.6 cm³/mol. The van der Waals surface area contributed by atoms with E-state index >= 15 is 0 Å². The minimum Gasteiger partial charge on any atom is -0.317 e. The normalized spacial score (nSPS) is 13.7. The Balaban J connectivity index is 2.68. The number of benzene rings is 1. The fraction of sp³-hybridized carbons (Fsp3) is 0.600. The van der Waals surface area contributed by atoms with Gasteiger partial charge in [0.1, 0.15) is 11.6 Å². The number of likely N-dealkylation sites (N-methyl/N-ethyl adjacent to an activating group) is 1. The topological polar surface area (TPSA) is 12.0 Å². The van der Waals surface area contributed by atoms with Crippen LogP contribution in [0.2, 0.25) is 0 Å². The molecular formula is C15H23F2N. The zero-order valence-electron chi connectivity index (χ0n) is 11.7. The molecule has 0 fully saturated rings. The molecule has 0 aliphatic carbocycles. The van der Waals surface area contributed by atoms with E-state index in [4.69, 9.17) is 0 Å². The van der Waals surface area contributed by atoms with Crippen LogP contribution in [0.25, 0.3) is 0 Å². The molecule has 18 heavy (non-hydrogen) atoms. The third-order valence-corrected chi connectivity index (χ3v) is 3.16. The Kier molecular flexibility index (Phi) is 5.27. The second-order valence-corrected chi connectivity index (χ2v) is 5.99. The molecule has 0 aliphatic rings. The van der Waals surface area contributed by atoms with Crippen LogP contribution in [0.3, 0.4) is 0 Å². The van der Waals surface area contributed by atoms with E-state index in [1.165, 1.54) is 18.2 Å². The molecule has 0 saturated carbocycles. The standard InChI is InChI=1S/C15H23F2N/c1-15(2,3)9-8-11(18-4)10-12-13(16)6-5-7-14(12)17/h5-7,11,18H,8-10H2,1-4H3. The Morgan fingerprint density at radius 1 is 1.17 bits per heavy atom. The lowest BCUT2D eigenvalue weighted by Gasteiger charge is -2.23. The van der Waals surface area contributed by atoms with E-state index in [-0.39, 0.29) is 17.0 Å². The maximum absolute atomic E-state index is 13.6. The van der Waals surface area contributed by atoms with Crippen LogP contribution in [0.15, 0.2) is 18.2 Å². The van der Waals surface area contributed by atoms with Crippen LogP contribution in [0.4, 0.5) is 8.78 Å². The lowest BCUT2D eigenvalue weighted by Crippen LogP contribution is -2.29. The van der Waals surface area contributed by atoms with Crippen molar-refractivity contribution in [3.63, 3.8) is 0 Å². The third kappa shape index (κ3) is 4.73. The summed E-state index contributed by atoms with van der Waals surface area (Å²) >= 11 is 0. The molecule has 0 amide bonds.